The van der Waals surface area contributed by atoms with Crippen LogP contribution in [-0.4, -0.2) is 99.1 Å². The minimum atomic E-state index is -0.898. The predicted molar refractivity (Wildman–Crippen MR) is 142 cm³/mol. The maximum absolute atomic E-state index is 15.4. The number of amides is 1. The first-order valence-electron chi connectivity index (χ1n) is 14.0. The van der Waals surface area contributed by atoms with E-state index in [-0.39, 0.29) is 60.0 Å². The van der Waals surface area contributed by atoms with E-state index in [1.165, 1.54) is 0 Å². The number of fused-ring (bicyclic) bond motifs is 6. The van der Waals surface area contributed by atoms with E-state index in [4.69, 9.17) is 30.8 Å². The third-order valence-corrected chi connectivity index (χ3v) is 9.22. The van der Waals surface area contributed by atoms with Gasteiger partial charge in [0.25, 0.3) is 0 Å². The number of rotatable bonds is 3. The molecule has 2 aromatic rings. The topological polar surface area (TPSA) is 93.2 Å². The van der Waals surface area contributed by atoms with Crippen molar-refractivity contribution in [3.8, 4) is 11.9 Å². The molecule has 1 amide bonds. The molecule has 10 nitrogen and oxygen atoms in total. The predicted octanol–water partition coefficient (Wildman–Crippen LogP) is 4.12. The number of piperazine rings is 1. The molecule has 7 rings (SSSR count). The van der Waals surface area contributed by atoms with Crippen molar-refractivity contribution >= 4 is 34.4 Å². The number of carbonyl (C=O) groups is 1. The van der Waals surface area contributed by atoms with Crippen molar-refractivity contribution in [3.63, 3.8) is 0 Å². The molecule has 0 N–H and O–H groups in total. The van der Waals surface area contributed by atoms with Gasteiger partial charge in [0.1, 0.15) is 41.7 Å². The molecule has 5 aliphatic rings. The maximum atomic E-state index is 15.4. The summed E-state index contributed by atoms with van der Waals surface area (Å²) in [6.07, 6.45) is 2.52. The summed E-state index contributed by atoms with van der Waals surface area (Å²) >= 11 is 6.17. The van der Waals surface area contributed by atoms with Crippen LogP contribution in [0.15, 0.2) is 0 Å². The molecule has 0 spiro atoms. The van der Waals surface area contributed by atoms with Crippen LogP contribution in [0.2, 0.25) is 5.15 Å². The second-order valence-corrected chi connectivity index (χ2v) is 13.0. The summed E-state index contributed by atoms with van der Waals surface area (Å²) in [4.78, 5) is 32.6. The molecule has 7 heterocycles. The smallest absolute Gasteiger partial charge is 0.410 e. The number of carbonyl (C=O) groups excluding carboxylic acids is 1. The number of nitrogens with zero attached hydrogens (tertiary/aromatic N) is 6. The number of alkyl halides is 1. The van der Waals surface area contributed by atoms with Gasteiger partial charge in [0.2, 0.25) is 5.88 Å². The Balaban J connectivity index is 1.26. The monoisotopic (exact) mass is 578 g/mol. The first-order valence-corrected chi connectivity index (χ1v) is 14.4. The molecule has 0 aromatic carbocycles. The SMILES string of the molecule is CC(C)(C)OC(=O)N1C2CC[C@H]1CN1c3nc(OC[C@@]45CCCN4C[C@H](F)C5)nc4c(F)c(Cl)nc(c34)OC[C@@H]21. The fraction of sp³-hybridized carbons (Fsp3) is 0.704. The van der Waals surface area contributed by atoms with Gasteiger partial charge in [0.05, 0.1) is 23.7 Å². The minimum Gasteiger partial charge on any atom is -0.475 e. The van der Waals surface area contributed by atoms with E-state index in [0.717, 1.165) is 32.2 Å². The van der Waals surface area contributed by atoms with Crippen LogP contribution < -0.4 is 14.4 Å². The normalized spacial score (nSPS) is 31.1. The van der Waals surface area contributed by atoms with Gasteiger partial charge in [-0.2, -0.15) is 15.0 Å². The molecule has 4 saturated heterocycles. The van der Waals surface area contributed by atoms with E-state index in [0.29, 0.717) is 30.7 Å². The molecule has 0 aliphatic carbocycles. The van der Waals surface area contributed by atoms with Crippen LogP contribution in [0.25, 0.3) is 10.9 Å². The second kappa shape index (κ2) is 9.14. The third-order valence-electron chi connectivity index (χ3n) is 8.97. The van der Waals surface area contributed by atoms with Gasteiger partial charge in [-0.25, -0.2) is 13.6 Å². The molecule has 2 aromatic heterocycles. The van der Waals surface area contributed by atoms with Gasteiger partial charge in [-0.1, -0.05) is 11.6 Å². The van der Waals surface area contributed by atoms with E-state index >= 15 is 4.39 Å². The van der Waals surface area contributed by atoms with Crippen LogP contribution in [0.4, 0.5) is 19.4 Å². The Labute approximate surface area is 235 Å². The number of hydrogen-bond donors (Lipinski definition) is 0. The van der Waals surface area contributed by atoms with Gasteiger partial charge in [0.15, 0.2) is 11.0 Å². The lowest BCUT2D eigenvalue weighted by Gasteiger charge is -2.46. The van der Waals surface area contributed by atoms with Gasteiger partial charge >= 0.3 is 12.1 Å². The van der Waals surface area contributed by atoms with E-state index in [1.54, 1.807) is 0 Å². The van der Waals surface area contributed by atoms with Gasteiger partial charge in [-0.15, -0.1) is 0 Å². The highest BCUT2D eigenvalue weighted by molar-refractivity contribution is 6.30. The molecule has 5 atom stereocenters. The fourth-order valence-electron chi connectivity index (χ4n) is 7.35. The van der Waals surface area contributed by atoms with Crippen LogP contribution in [0, 0.1) is 5.82 Å². The van der Waals surface area contributed by atoms with Crippen molar-refractivity contribution in [1.29, 1.82) is 0 Å². The summed E-state index contributed by atoms with van der Waals surface area (Å²) in [6, 6.07) is -0.577. The lowest BCUT2D eigenvalue weighted by molar-refractivity contribution is 0.00538. The average molecular weight is 579 g/mol. The molecular weight excluding hydrogens is 546 g/mol. The second-order valence-electron chi connectivity index (χ2n) is 12.7. The zero-order chi connectivity index (χ0) is 28.0. The molecular formula is C27H33ClF2N6O4. The number of ether oxygens (including phenoxy) is 3. The van der Waals surface area contributed by atoms with Crippen molar-refractivity contribution < 1.29 is 27.8 Å². The van der Waals surface area contributed by atoms with Crippen molar-refractivity contribution in [2.75, 3.05) is 37.7 Å². The fourth-order valence-corrected chi connectivity index (χ4v) is 7.51. The molecule has 40 heavy (non-hydrogen) atoms. The van der Waals surface area contributed by atoms with Gasteiger partial charge in [-0.3, -0.25) is 9.80 Å². The van der Waals surface area contributed by atoms with E-state index in [2.05, 4.69) is 19.8 Å². The van der Waals surface area contributed by atoms with Crippen molar-refractivity contribution in [2.24, 2.45) is 0 Å². The number of anilines is 1. The summed E-state index contributed by atoms with van der Waals surface area (Å²) < 4.78 is 47.7. The van der Waals surface area contributed by atoms with E-state index in [1.807, 2.05) is 25.7 Å². The minimum absolute atomic E-state index is 0.000665. The van der Waals surface area contributed by atoms with Gasteiger partial charge in [-0.05, 0) is 53.0 Å². The first-order chi connectivity index (χ1) is 19.0. The van der Waals surface area contributed by atoms with Crippen molar-refractivity contribution in [3.05, 3.63) is 11.0 Å². The number of halogens is 3. The van der Waals surface area contributed by atoms with Crippen LogP contribution >= 0.6 is 11.6 Å². The summed E-state index contributed by atoms with van der Waals surface area (Å²) in [5.41, 5.74) is -1.06. The van der Waals surface area contributed by atoms with Gasteiger partial charge in [0, 0.05) is 19.5 Å². The zero-order valence-corrected chi connectivity index (χ0v) is 23.6. The zero-order valence-electron chi connectivity index (χ0n) is 22.8. The molecule has 4 fully saturated rings. The van der Waals surface area contributed by atoms with Crippen LogP contribution in [0.1, 0.15) is 52.9 Å². The number of pyridine rings is 1. The molecule has 13 heteroatoms. The Morgan fingerprint density at radius 2 is 2.02 bits per heavy atom. The number of hydrogen-bond acceptors (Lipinski definition) is 9. The highest BCUT2D eigenvalue weighted by Crippen LogP contribution is 2.45. The molecule has 5 aliphatic heterocycles. The van der Waals surface area contributed by atoms with Crippen LogP contribution in [-0.2, 0) is 4.74 Å². The highest BCUT2D eigenvalue weighted by Gasteiger charge is 2.52. The molecule has 216 valence electrons. The van der Waals surface area contributed by atoms with E-state index in [9.17, 15) is 9.18 Å². The summed E-state index contributed by atoms with van der Waals surface area (Å²) in [7, 11) is 0. The Hall–Kier alpha value is -2.73. The molecule has 0 radical (unpaired) electrons. The average Bonchev–Trinajstić information content (AvgIpc) is 3.48. The lowest BCUT2D eigenvalue weighted by Crippen LogP contribution is -2.63. The lowest BCUT2D eigenvalue weighted by atomic mass is 9.95. The number of aromatic nitrogens is 3. The third kappa shape index (κ3) is 4.12. The molecule has 1 unspecified atom stereocenters. The molecule has 0 saturated carbocycles. The highest BCUT2D eigenvalue weighted by atomic mass is 35.5. The van der Waals surface area contributed by atoms with Crippen LogP contribution in [0.5, 0.6) is 11.9 Å². The Bertz CT molecular complexity index is 1380. The molecule has 2 bridgehead atoms. The largest absolute Gasteiger partial charge is 0.475 e. The Morgan fingerprint density at radius 3 is 2.83 bits per heavy atom. The standard InChI is InChI=1S/C27H33ClF2N6O4/c1-26(2,3)40-25(37)36-15-5-6-16(36)17-12-38-23-18-20(19(30)21(28)32-23)31-24(33-22(18)35(17)11-15)39-13-27-7-4-8-34(27)10-14(29)9-27/h14-17H,4-13H2,1-3H3/t14-,15+,16?,17+,27+/m1/s1. The van der Waals surface area contributed by atoms with Crippen molar-refractivity contribution in [2.45, 2.75) is 88.3 Å². The maximum Gasteiger partial charge on any atom is 0.410 e. The van der Waals surface area contributed by atoms with Crippen LogP contribution in [0.3, 0.4) is 0 Å². The summed E-state index contributed by atoms with van der Waals surface area (Å²) in [5, 5.41) is -0.0290. The Morgan fingerprint density at radius 1 is 1.20 bits per heavy atom. The van der Waals surface area contributed by atoms with E-state index < -0.39 is 23.1 Å². The Kier molecular flexibility index (Phi) is 5.98. The van der Waals surface area contributed by atoms with Gasteiger partial charge < -0.3 is 19.1 Å². The van der Waals surface area contributed by atoms with Crippen molar-refractivity contribution in [1.82, 2.24) is 24.8 Å². The first kappa shape index (κ1) is 26.2. The summed E-state index contributed by atoms with van der Waals surface area (Å²) in [5.74, 6) is -0.192. The summed E-state index contributed by atoms with van der Waals surface area (Å²) in [6.45, 7) is 7.64. The quantitative estimate of drug-likeness (QED) is 0.499.